The third kappa shape index (κ3) is 1.35. The highest BCUT2D eigenvalue weighted by atomic mass is 32.2. The first-order valence-corrected chi connectivity index (χ1v) is 5.04. The average Bonchev–Trinajstić information content (AvgIpc) is 2.66. The van der Waals surface area contributed by atoms with E-state index in [4.69, 9.17) is 4.55 Å². The molecule has 0 radical (unpaired) electrons. The smallest absolute Gasteiger partial charge is 0.281 e. The van der Waals surface area contributed by atoms with Crippen LogP contribution in [0.4, 0.5) is 0 Å². The minimum atomic E-state index is -4.12. The molecule has 0 amide bonds. The molecule has 1 aromatic heterocycles. The van der Waals surface area contributed by atoms with Gasteiger partial charge in [0.2, 0.25) is 5.03 Å². The van der Waals surface area contributed by atoms with Crippen molar-refractivity contribution in [2.24, 2.45) is 0 Å². The molecule has 0 aromatic carbocycles. The van der Waals surface area contributed by atoms with Crippen LogP contribution in [0.1, 0.15) is 18.9 Å². The van der Waals surface area contributed by atoms with Gasteiger partial charge in [-0.05, 0) is 18.9 Å². The third-order valence-corrected chi connectivity index (χ3v) is 2.52. The zero-order chi connectivity index (χ0) is 8.77. The Labute approximate surface area is 69.8 Å². The highest BCUT2D eigenvalue weighted by Crippen LogP contribution is 2.34. The van der Waals surface area contributed by atoms with Gasteiger partial charge in [-0.15, -0.1) is 0 Å². The van der Waals surface area contributed by atoms with E-state index in [2.05, 4.69) is 5.10 Å². The van der Waals surface area contributed by atoms with Crippen molar-refractivity contribution < 1.29 is 13.0 Å². The van der Waals surface area contributed by atoms with E-state index in [1.165, 1.54) is 6.07 Å². The maximum Gasteiger partial charge on any atom is 0.313 e. The second-order valence-corrected chi connectivity index (χ2v) is 4.21. The van der Waals surface area contributed by atoms with Crippen LogP contribution in [0.2, 0.25) is 0 Å². The van der Waals surface area contributed by atoms with Crippen LogP contribution in [0.5, 0.6) is 0 Å². The molecule has 0 atom stereocenters. The van der Waals surface area contributed by atoms with Gasteiger partial charge in [0.05, 0.1) is 6.04 Å². The summed E-state index contributed by atoms with van der Waals surface area (Å²) in [6.45, 7) is 0. The van der Waals surface area contributed by atoms with Gasteiger partial charge in [0.25, 0.3) is 0 Å². The summed E-state index contributed by atoms with van der Waals surface area (Å²) in [5.74, 6) is 0. The Morgan fingerprint density at radius 1 is 1.58 bits per heavy atom. The van der Waals surface area contributed by atoms with Crippen molar-refractivity contribution in [2.45, 2.75) is 23.9 Å². The second-order valence-electron chi connectivity index (χ2n) is 2.84. The van der Waals surface area contributed by atoms with Gasteiger partial charge >= 0.3 is 10.1 Å². The van der Waals surface area contributed by atoms with E-state index in [1.54, 1.807) is 10.9 Å². The summed E-state index contributed by atoms with van der Waals surface area (Å²) in [5, 5.41) is 3.45. The minimum Gasteiger partial charge on any atom is -0.281 e. The highest BCUT2D eigenvalue weighted by molar-refractivity contribution is 7.85. The second kappa shape index (κ2) is 2.30. The molecule has 1 heterocycles. The Morgan fingerprint density at radius 3 is 2.67 bits per heavy atom. The van der Waals surface area contributed by atoms with Crippen molar-refractivity contribution in [2.75, 3.05) is 0 Å². The van der Waals surface area contributed by atoms with E-state index in [9.17, 15) is 8.42 Å². The lowest BCUT2D eigenvalue weighted by Gasteiger charge is -1.93. The molecule has 1 fully saturated rings. The van der Waals surface area contributed by atoms with Crippen molar-refractivity contribution in [1.29, 1.82) is 0 Å². The van der Waals surface area contributed by atoms with Gasteiger partial charge in [-0.3, -0.25) is 9.23 Å². The van der Waals surface area contributed by atoms with Crippen molar-refractivity contribution in [3.63, 3.8) is 0 Å². The fourth-order valence-corrected chi connectivity index (χ4v) is 1.43. The third-order valence-electron chi connectivity index (χ3n) is 1.77. The zero-order valence-corrected chi connectivity index (χ0v) is 7.03. The standard InChI is InChI=1S/C6H8N2O3S/c9-12(10,11)6-3-4-8(7-6)5-1-2-5/h3-5H,1-2H2,(H,9,10,11). The Bertz CT molecular complexity index is 391. The summed E-state index contributed by atoms with van der Waals surface area (Å²) in [5.41, 5.74) is 0. The fourth-order valence-electron chi connectivity index (χ4n) is 1.00. The Kier molecular flexibility index (Phi) is 1.49. The summed E-state index contributed by atoms with van der Waals surface area (Å²) in [6.07, 6.45) is 3.64. The maximum atomic E-state index is 10.6. The van der Waals surface area contributed by atoms with Crippen LogP contribution in [0.3, 0.4) is 0 Å². The van der Waals surface area contributed by atoms with Crippen LogP contribution in [0, 0.1) is 0 Å². The van der Waals surface area contributed by atoms with Crippen LogP contribution in [0.15, 0.2) is 17.3 Å². The molecule has 1 aliphatic rings. The van der Waals surface area contributed by atoms with Gasteiger partial charge in [0, 0.05) is 6.20 Å². The Hall–Kier alpha value is -0.880. The van der Waals surface area contributed by atoms with Crippen LogP contribution in [-0.4, -0.2) is 22.8 Å². The number of nitrogens with zero attached hydrogens (tertiary/aromatic N) is 2. The van der Waals surface area contributed by atoms with Crippen molar-refractivity contribution in [1.82, 2.24) is 9.78 Å². The molecule has 0 spiro atoms. The molecule has 1 aromatic rings. The lowest BCUT2D eigenvalue weighted by atomic mass is 10.7. The van der Waals surface area contributed by atoms with Crippen LogP contribution in [-0.2, 0) is 10.1 Å². The molecule has 12 heavy (non-hydrogen) atoms. The average molecular weight is 188 g/mol. The molecule has 66 valence electrons. The Morgan fingerprint density at radius 2 is 2.25 bits per heavy atom. The first kappa shape index (κ1) is 7.75. The van der Waals surface area contributed by atoms with E-state index >= 15 is 0 Å². The summed E-state index contributed by atoms with van der Waals surface area (Å²) in [7, 11) is -4.12. The molecule has 1 saturated carbocycles. The van der Waals surface area contributed by atoms with Gasteiger partial charge in [-0.2, -0.15) is 13.5 Å². The summed E-state index contributed by atoms with van der Waals surface area (Å²) in [4.78, 5) is 0. The molecule has 2 rings (SSSR count). The first-order chi connectivity index (χ1) is 5.57. The summed E-state index contributed by atoms with van der Waals surface area (Å²) >= 11 is 0. The van der Waals surface area contributed by atoms with E-state index in [0.29, 0.717) is 6.04 Å². The van der Waals surface area contributed by atoms with Crippen molar-refractivity contribution >= 4 is 10.1 Å². The predicted octanol–water partition coefficient (Wildman–Crippen LogP) is 0.465. The fraction of sp³-hybridized carbons (Fsp3) is 0.500. The molecular formula is C6H8N2O3S. The maximum absolute atomic E-state index is 10.6. The van der Waals surface area contributed by atoms with E-state index in [0.717, 1.165) is 12.8 Å². The summed E-state index contributed by atoms with van der Waals surface area (Å²) in [6, 6.07) is 1.63. The summed E-state index contributed by atoms with van der Waals surface area (Å²) < 4.78 is 31.3. The SMILES string of the molecule is O=S(=O)(O)c1ccn(C2CC2)n1. The van der Waals surface area contributed by atoms with Crippen LogP contribution < -0.4 is 0 Å². The molecule has 1 N–H and O–H groups in total. The lowest BCUT2D eigenvalue weighted by Crippen LogP contribution is -2.01. The van der Waals surface area contributed by atoms with Gasteiger partial charge in [0.1, 0.15) is 0 Å². The number of aromatic nitrogens is 2. The number of rotatable bonds is 2. The molecular weight excluding hydrogens is 180 g/mol. The van der Waals surface area contributed by atoms with Crippen LogP contribution in [0.25, 0.3) is 0 Å². The van der Waals surface area contributed by atoms with Gasteiger partial charge < -0.3 is 0 Å². The predicted molar refractivity (Wildman–Crippen MR) is 40.3 cm³/mol. The Balaban J connectivity index is 2.35. The largest absolute Gasteiger partial charge is 0.313 e. The van der Waals surface area contributed by atoms with Gasteiger partial charge in [0.15, 0.2) is 0 Å². The number of hydrogen-bond donors (Lipinski definition) is 1. The quantitative estimate of drug-likeness (QED) is 0.684. The normalized spacial score (nSPS) is 18.1. The number of hydrogen-bond acceptors (Lipinski definition) is 3. The molecule has 0 aliphatic heterocycles. The zero-order valence-electron chi connectivity index (χ0n) is 6.21. The molecule has 6 heteroatoms. The van der Waals surface area contributed by atoms with E-state index < -0.39 is 10.1 Å². The monoisotopic (exact) mass is 188 g/mol. The van der Waals surface area contributed by atoms with E-state index in [1.807, 2.05) is 0 Å². The molecule has 5 nitrogen and oxygen atoms in total. The molecule has 1 aliphatic carbocycles. The molecule has 0 bridgehead atoms. The van der Waals surface area contributed by atoms with Gasteiger partial charge in [-0.1, -0.05) is 0 Å². The highest BCUT2D eigenvalue weighted by Gasteiger charge is 2.25. The lowest BCUT2D eigenvalue weighted by molar-refractivity contribution is 0.475. The van der Waals surface area contributed by atoms with Crippen molar-refractivity contribution in [3.8, 4) is 0 Å². The van der Waals surface area contributed by atoms with Crippen molar-refractivity contribution in [3.05, 3.63) is 12.3 Å². The van der Waals surface area contributed by atoms with Crippen LogP contribution >= 0.6 is 0 Å². The first-order valence-electron chi connectivity index (χ1n) is 3.60. The molecule has 0 unspecified atom stereocenters. The molecule has 0 saturated heterocycles. The minimum absolute atomic E-state index is 0.269. The van der Waals surface area contributed by atoms with E-state index in [-0.39, 0.29) is 5.03 Å². The topological polar surface area (TPSA) is 72.2 Å². The van der Waals surface area contributed by atoms with Gasteiger partial charge in [-0.25, -0.2) is 0 Å².